The number of thiazole rings is 1. The van der Waals surface area contributed by atoms with Crippen LogP contribution in [0.5, 0.6) is 11.5 Å². The first-order valence-electron chi connectivity index (χ1n) is 13.3. The molecule has 210 valence electrons. The summed E-state index contributed by atoms with van der Waals surface area (Å²) in [7, 11) is 1.60. The monoisotopic (exact) mass is 577 g/mol. The van der Waals surface area contributed by atoms with Gasteiger partial charge in [-0.15, -0.1) is 0 Å². The lowest BCUT2D eigenvalue weighted by molar-refractivity contribution is -0.132. The van der Waals surface area contributed by atoms with E-state index in [1.807, 2.05) is 56.3 Å². The smallest absolute Gasteiger partial charge is 0.301 e. The first-order chi connectivity index (χ1) is 20.4. The molecule has 3 heterocycles. The number of carbonyl (C=O) groups excluding carboxylic acids is 2. The number of carbonyl (C=O) groups is 2. The molecule has 0 aliphatic carbocycles. The van der Waals surface area contributed by atoms with E-state index in [1.165, 1.54) is 16.2 Å². The zero-order chi connectivity index (χ0) is 29.4. The first-order valence-corrected chi connectivity index (χ1v) is 14.1. The van der Waals surface area contributed by atoms with Gasteiger partial charge in [-0.1, -0.05) is 47.7 Å². The van der Waals surface area contributed by atoms with Crippen LogP contribution in [0.15, 0.2) is 90.6 Å². The maximum absolute atomic E-state index is 13.6. The Morgan fingerprint density at radius 2 is 1.71 bits per heavy atom. The van der Waals surface area contributed by atoms with Crippen LogP contribution < -0.4 is 14.4 Å². The van der Waals surface area contributed by atoms with E-state index in [1.54, 1.807) is 49.7 Å². The number of hydrogen-bond donors (Lipinski definition) is 1. The van der Waals surface area contributed by atoms with Crippen molar-refractivity contribution >= 4 is 44.1 Å². The molecule has 0 saturated carbocycles. The molecule has 1 saturated heterocycles. The summed E-state index contributed by atoms with van der Waals surface area (Å²) in [5, 5.41) is 11.9. The summed E-state index contributed by atoms with van der Waals surface area (Å²) < 4.78 is 12.2. The second-order valence-electron chi connectivity index (χ2n) is 9.96. The molecular formula is C33H27N3O5S. The van der Waals surface area contributed by atoms with Crippen LogP contribution in [0.25, 0.3) is 16.0 Å². The summed E-state index contributed by atoms with van der Waals surface area (Å²) in [4.78, 5) is 37.6. The zero-order valence-corrected chi connectivity index (χ0v) is 24.0. The minimum Gasteiger partial charge on any atom is -0.507 e. The van der Waals surface area contributed by atoms with Gasteiger partial charge in [0.05, 0.1) is 28.6 Å². The highest BCUT2D eigenvalue weighted by Crippen LogP contribution is 2.44. The quantitative estimate of drug-likeness (QED) is 0.133. The predicted molar refractivity (Wildman–Crippen MR) is 162 cm³/mol. The van der Waals surface area contributed by atoms with Crippen LogP contribution >= 0.6 is 11.3 Å². The topological polar surface area (TPSA) is 102 Å². The molecule has 1 aliphatic rings. The van der Waals surface area contributed by atoms with E-state index in [4.69, 9.17) is 14.5 Å². The second kappa shape index (κ2) is 11.1. The Morgan fingerprint density at radius 1 is 0.952 bits per heavy atom. The number of methoxy groups -OCH3 is 1. The van der Waals surface area contributed by atoms with Crippen molar-refractivity contribution in [2.24, 2.45) is 0 Å². The average molecular weight is 578 g/mol. The summed E-state index contributed by atoms with van der Waals surface area (Å²) in [6.07, 6.45) is 1.59. The predicted octanol–water partition coefficient (Wildman–Crippen LogP) is 6.52. The van der Waals surface area contributed by atoms with Gasteiger partial charge < -0.3 is 14.6 Å². The van der Waals surface area contributed by atoms with Gasteiger partial charge >= 0.3 is 5.91 Å². The van der Waals surface area contributed by atoms with Gasteiger partial charge in [-0.05, 0) is 73.0 Å². The van der Waals surface area contributed by atoms with Crippen molar-refractivity contribution in [3.05, 3.63) is 119 Å². The number of nitrogens with zero attached hydrogens (tertiary/aromatic N) is 3. The molecule has 8 nitrogen and oxygen atoms in total. The number of fused-ring (bicyclic) bond motifs is 1. The number of pyridine rings is 1. The number of hydrogen-bond acceptors (Lipinski definition) is 8. The number of Topliss-reactive ketones (excluding diaryl/α,β-unsaturated/α-hetero) is 1. The largest absolute Gasteiger partial charge is 0.507 e. The summed E-state index contributed by atoms with van der Waals surface area (Å²) in [5.41, 5.74) is 4.16. The molecule has 5 aromatic rings. The normalized spacial score (nSPS) is 16.3. The molecule has 2 aromatic heterocycles. The molecule has 1 fully saturated rings. The molecule has 42 heavy (non-hydrogen) atoms. The third-order valence-corrected chi connectivity index (χ3v) is 8.22. The third-order valence-electron chi connectivity index (χ3n) is 7.20. The summed E-state index contributed by atoms with van der Waals surface area (Å²) >= 11 is 1.27. The van der Waals surface area contributed by atoms with Crippen LogP contribution in [0.3, 0.4) is 0 Å². The molecule has 9 heteroatoms. The summed E-state index contributed by atoms with van der Waals surface area (Å²) in [5.74, 6) is -0.527. The molecule has 3 aromatic carbocycles. The molecule has 1 aliphatic heterocycles. The van der Waals surface area contributed by atoms with Gasteiger partial charge in [0.2, 0.25) is 0 Å². The highest BCUT2D eigenvalue weighted by atomic mass is 32.1. The van der Waals surface area contributed by atoms with Crippen molar-refractivity contribution < 1.29 is 24.2 Å². The zero-order valence-electron chi connectivity index (χ0n) is 23.2. The number of ether oxygens (including phenoxy) is 2. The Hall–Kier alpha value is -5.02. The van der Waals surface area contributed by atoms with Gasteiger partial charge in [-0.25, -0.2) is 4.98 Å². The van der Waals surface area contributed by atoms with E-state index >= 15 is 0 Å². The maximum atomic E-state index is 13.6. The van der Waals surface area contributed by atoms with Crippen LogP contribution in [0.4, 0.5) is 5.13 Å². The molecule has 1 unspecified atom stereocenters. The Morgan fingerprint density at radius 3 is 2.43 bits per heavy atom. The third kappa shape index (κ3) is 4.88. The molecule has 6 rings (SSSR count). The standard InChI is InChI=1S/C33H27N3O5S/c1-19-15-22(12-13-25(19)41-18-21-9-5-4-6-10-21)30(37)28-29(23-11-7-8-14-34-23)36(32(39)31(28)38)33-35-24-16-20(2)26(40-3)17-27(24)42-33/h4-17,29,37H,18H2,1-3H3/b30-28+. The van der Waals surface area contributed by atoms with Crippen molar-refractivity contribution in [2.45, 2.75) is 26.5 Å². The van der Waals surface area contributed by atoms with Gasteiger partial charge in [-0.2, -0.15) is 0 Å². The van der Waals surface area contributed by atoms with Crippen LogP contribution in [0.2, 0.25) is 0 Å². The number of amides is 1. The van der Waals surface area contributed by atoms with Crippen molar-refractivity contribution in [1.29, 1.82) is 0 Å². The lowest BCUT2D eigenvalue weighted by Crippen LogP contribution is -2.29. The molecule has 1 amide bonds. The van der Waals surface area contributed by atoms with Gasteiger partial charge in [0, 0.05) is 11.8 Å². The Bertz CT molecular complexity index is 1850. The average Bonchev–Trinajstić information content (AvgIpc) is 3.53. The SMILES string of the molecule is COc1cc2sc(N3C(=O)C(=O)/C(=C(/O)c4ccc(OCc5ccccc5)c(C)c4)C3c3ccccn3)nc2cc1C. The molecule has 0 radical (unpaired) electrons. The van der Waals surface area contributed by atoms with Crippen LogP contribution in [-0.4, -0.2) is 33.9 Å². The van der Waals surface area contributed by atoms with E-state index < -0.39 is 17.7 Å². The van der Waals surface area contributed by atoms with Gasteiger partial charge in [0.1, 0.15) is 29.9 Å². The number of ketones is 1. The lowest BCUT2D eigenvalue weighted by atomic mass is 9.97. The number of benzene rings is 3. The number of aromatic nitrogens is 2. The highest BCUT2D eigenvalue weighted by Gasteiger charge is 2.48. The van der Waals surface area contributed by atoms with Crippen LogP contribution in [0.1, 0.15) is 34.0 Å². The number of aliphatic hydroxyl groups excluding tert-OH is 1. The van der Waals surface area contributed by atoms with Crippen molar-refractivity contribution in [2.75, 3.05) is 12.0 Å². The van der Waals surface area contributed by atoms with E-state index in [0.29, 0.717) is 40.0 Å². The second-order valence-corrected chi connectivity index (χ2v) is 11.0. The minimum absolute atomic E-state index is 0.0518. The van der Waals surface area contributed by atoms with Gasteiger partial charge in [-0.3, -0.25) is 19.5 Å². The summed E-state index contributed by atoms with van der Waals surface area (Å²) in [6.45, 7) is 4.17. The number of aryl methyl sites for hydroxylation is 2. The fourth-order valence-corrected chi connectivity index (χ4v) is 6.07. The molecule has 1 N–H and O–H groups in total. The Kier molecular flexibility index (Phi) is 7.18. The number of rotatable bonds is 7. The van der Waals surface area contributed by atoms with Gasteiger partial charge in [0.15, 0.2) is 5.13 Å². The van der Waals surface area contributed by atoms with Crippen molar-refractivity contribution in [3.8, 4) is 11.5 Å². The van der Waals surface area contributed by atoms with E-state index in [-0.39, 0.29) is 11.3 Å². The summed E-state index contributed by atoms with van der Waals surface area (Å²) in [6, 6.07) is 23.0. The van der Waals surface area contributed by atoms with E-state index in [0.717, 1.165) is 21.4 Å². The molecule has 0 bridgehead atoms. The Balaban J connectivity index is 1.41. The van der Waals surface area contributed by atoms with Crippen molar-refractivity contribution in [1.82, 2.24) is 9.97 Å². The number of aliphatic hydroxyl groups is 1. The van der Waals surface area contributed by atoms with E-state index in [2.05, 4.69) is 4.98 Å². The fourth-order valence-electron chi connectivity index (χ4n) is 5.07. The first kappa shape index (κ1) is 27.2. The van der Waals surface area contributed by atoms with Crippen molar-refractivity contribution in [3.63, 3.8) is 0 Å². The lowest BCUT2D eigenvalue weighted by Gasteiger charge is -2.22. The highest BCUT2D eigenvalue weighted by molar-refractivity contribution is 7.22. The van der Waals surface area contributed by atoms with Gasteiger partial charge in [0.25, 0.3) is 5.78 Å². The molecule has 0 spiro atoms. The van der Waals surface area contributed by atoms with Crippen LogP contribution in [0, 0.1) is 13.8 Å². The Labute approximate surface area is 246 Å². The maximum Gasteiger partial charge on any atom is 0.301 e. The minimum atomic E-state index is -0.968. The molecule has 1 atom stereocenters. The van der Waals surface area contributed by atoms with E-state index in [9.17, 15) is 14.7 Å². The fraction of sp³-hybridized carbons (Fsp3) is 0.152. The number of anilines is 1. The van der Waals surface area contributed by atoms with Crippen LogP contribution in [-0.2, 0) is 16.2 Å². The molecular weight excluding hydrogens is 550 g/mol.